The number of nitrogens with zero attached hydrogens (tertiary/aromatic N) is 3. The number of rotatable bonds is 7. The van der Waals surface area contributed by atoms with Gasteiger partial charge in [-0.2, -0.15) is 5.10 Å². The average Bonchev–Trinajstić information content (AvgIpc) is 2.65. The van der Waals surface area contributed by atoms with Crippen LogP contribution >= 0.6 is 24.8 Å². The van der Waals surface area contributed by atoms with Gasteiger partial charge in [0.25, 0.3) is 0 Å². The number of halogens is 2. The van der Waals surface area contributed by atoms with Crippen molar-refractivity contribution in [2.24, 2.45) is 0 Å². The fourth-order valence-corrected chi connectivity index (χ4v) is 1.41. The molecule has 0 saturated carbocycles. The van der Waals surface area contributed by atoms with E-state index in [0.717, 1.165) is 31.9 Å². The largest absolute Gasteiger partial charge is 0.311 e. The lowest BCUT2D eigenvalue weighted by Gasteiger charge is -2.08. The molecule has 4 nitrogen and oxygen atoms in total. The van der Waals surface area contributed by atoms with Crippen LogP contribution in [0.4, 0.5) is 0 Å². The Bertz CT molecular complexity index is 276. The first-order valence-corrected chi connectivity index (χ1v) is 5.60. The molecule has 0 fully saturated rings. The molecule has 0 saturated heterocycles. The fraction of sp³-hybridized carbons (Fsp3) is 0.727. The molecule has 0 bridgehead atoms. The van der Waals surface area contributed by atoms with E-state index in [2.05, 4.69) is 42.4 Å². The maximum Gasteiger partial charge on any atom is 0.0762 e. The topological polar surface area (TPSA) is 33.1 Å². The minimum atomic E-state index is 0. The van der Waals surface area contributed by atoms with Gasteiger partial charge in [-0.15, -0.1) is 24.8 Å². The SMILES string of the molecule is CCn1ccc(CNCCCN(C)C)n1.Cl.Cl. The molecule has 1 N–H and O–H groups in total. The van der Waals surface area contributed by atoms with E-state index in [1.54, 1.807) is 0 Å². The Morgan fingerprint density at radius 1 is 1.35 bits per heavy atom. The zero-order valence-corrected chi connectivity index (χ0v) is 12.5. The van der Waals surface area contributed by atoms with Crippen molar-refractivity contribution < 1.29 is 0 Å². The van der Waals surface area contributed by atoms with Crippen LogP contribution in [0.5, 0.6) is 0 Å². The molecule has 1 heterocycles. The lowest BCUT2D eigenvalue weighted by atomic mass is 10.4. The lowest BCUT2D eigenvalue weighted by molar-refractivity contribution is 0.394. The summed E-state index contributed by atoms with van der Waals surface area (Å²) < 4.78 is 1.96. The van der Waals surface area contributed by atoms with Crippen LogP contribution in [0.3, 0.4) is 0 Å². The molecule has 0 spiro atoms. The molecular weight excluding hydrogens is 259 g/mol. The van der Waals surface area contributed by atoms with Gasteiger partial charge in [-0.05, 0) is 46.6 Å². The molecule has 0 atom stereocenters. The van der Waals surface area contributed by atoms with Gasteiger partial charge in [-0.25, -0.2) is 0 Å². The highest BCUT2D eigenvalue weighted by Gasteiger charge is 1.97. The Morgan fingerprint density at radius 2 is 2.06 bits per heavy atom. The van der Waals surface area contributed by atoms with Gasteiger partial charge in [0, 0.05) is 19.3 Å². The van der Waals surface area contributed by atoms with E-state index in [1.165, 1.54) is 6.42 Å². The molecule has 0 unspecified atom stereocenters. The smallest absolute Gasteiger partial charge is 0.0762 e. The highest BCUT2D eigenvalue weighted by molar-refractivity contribution is 5.85. The summed E-state index contributed by atoms with van der Waals surface area (Å²) in [6.07, 6.45) is 3.21. The van der Waals surface area contributed by atoms with Crippen LogP contribution in [-0.2, 0) is 13.1 Å². The van der Waals surface area contributed by atoms with Crippen molar-refractivity contribution >= 4 is 24.8 Å². The molecule has 0 radical (unpaired) electrons. The number of aromatic nitrogens is 2. The molecular formula is C11H24Cl2N4. The lowest BCUT2D eigenvalue weighted by Crippen LogP contribution is -2.21. The van der Waals surface area contributed by atoms with E-state index in [1.807, 2.05) is 10.9 Å². The quantitative estimate of drug-likeness (QED) is 0.774. The maximum absolute atomic E-state index is 4.41. The summed E-state index contributed by atoms with van der Waals surface area (Å²) in [6, 6.07) is 2.07. The summed E-state index contributed by atoms with van der Waals surface area (Å²) in [4.78, 5) is 2.20. The molecule has 0 aliphatic carbocycles. The molecule has 0 aliphatic rings. The van der Waals surface area contributed by atoms with Crippen molar-refractivity contribution in [2.75, 3.05) is 27.2 Å². The maximum atomic E-state index is 4.41. The molecule has 102 valence electrons. The van der Waals surface area contributed by atoms with Gasteiger partial charge in [-0.3, -0.25) is 4.68 Å². The molecule has 0 aliphatic heterocycles. The Hall–Kier alpha value is -0.290. The van der Waals surface area contributed by atoms with E-state index in [9.17, 15) is 0 Å². The Kier molecular flexibility index (Phi) is 12.2. The van der Waals surface area contributed by atoms with E-state index < -0.39 is 0 Å². The summed E-state index contributed by atoms with van der Waals surface area (Å²) in [5.74, 6) is 0. The number of aryl methyl sites for hydroxylation is 1. The van der Waals surface area contributed by atoms with Gasteiger partial charge in [0.15, 0.2) is 0 Å². The predicted molar refractivity (Wildman–Crippen MR) is 77.3 cm³/mol. The second-order valence-corrected chi connectivity index (χ2v) is 4.00. The van der Waals surface area contributed by atoms with Crippen molar-refractivity contribution in [1.82, 2.24) is 20.0 Å². The van der Waals surface area contributed by atoms with Gasteiger partial charge in [0.2, 0.25) is 0 Å². The first-order chi connectivity index (χ1) is 7.22. The molecule has 0 amide bonds. The molecule has 1 aromatic heterocycles. The summed E-state index contributed by atoms with van der Waals surface area (Å²) in [5.41, 5.74) is 1.13. The van der Waals surface area contributed by atoms with Gasteiger partial charge < -0.3 is 10.2 Å². The summed E-state index contributed by atoms with van der Waals surface area (Å²) in [5, 5.41) is 7.80. The number of hydrogen-bond acceptors (Lipinski definition) is 3. The van der Waals surface area contributed by atoms with E-state index in [-0.39, 0.29) is 24.8 Å². The van der Waals surface area contributed by atoms with Gasteiger partial charge in [0.05, 0.1) is 5.69 Å². The normalized spacial score (nSPS) is 9.88. The van der Waals surface area contributed by atoms with Crippen LogP contribution in [0.15, 0.2) is 12.3 Å². The van der Waals surface area contributed by atoms with Crippen LogP contribution in [0, 0.1) is 0 Å². The first-order valence-electron chi connectivity index (χ1n) is 5.60. The van der Waals surface area contributed by atoms with Crippen molar-refractivity contribution in [3.8, 4) is 0 Å². The standard InChI is InChI=1S/C11H22N4.2ClH/c1-4-15-9-6-11(13-15)10-12-7-5-8-14(2)3;;/h6,9,12H,4-5,7-8,10H2,1-3H3;2*1H. The highest BCUT2D eigenvalue weighted by atomic mass is 35.5. The minimum absolute atomic E-state index is 0. The third-order valence-corrected chi connectivity index (χ3v) is 2.28. The van der Waals surface area contributed by atoms with Crippen LogP contribution < -0.4 is 5.32 Å². The molecule has 1 rings (SSSR count). The van der Waals surface area contributed by atoms with Crippen molar-refractivity contribution in [3.05, 3.63) is 18.0 Å². The number of nitrogens with one attached hydrogen (secondary N) is 1. The Labute approximate surface area is 117 Å². The van der Waals surface area contributed by atoms with E-state index in [0.29, 0.717) is 0 Å². The monoisotopic (exact) mass is 282 g/mol. The second-order valence-electron chi connectivity index (χ2n) is 4.00. The van der Waals surface area contributed by atoms with Gasteiger partial charge >= 0.3 is 0 Å². The van der Waals surface area contributed by atoms with Gasteiger partial charge in [-0.1, -0.05) is 0 Å². The molecule has 1 aromatic rings. The molecule has 0 aromatic carbocycles. The first kappa shape index (κ1) is 19.1. The van der Waals surface area contributed by atoms with Crippen molar-refractivity contribution in [1.29, 1.82) is 0 Å². The van der Waals surface area contributed by atoms with Crippen LogP contribution in [0.25, 0.3) is 0 Å². The minimum Gasteiger partial charge on any atom is -0.311 e. The van der Waals surface area contributed by atoms with Crippen molar-refractivity contribution in [3.63, 3.8) is 0 Å². The number of hydrogen-bond donors (Lipinski definition) is 1. The Morgan fingerprint density at radius 3 is 2.59 bits per heavy atom. The van der Waals surface area contributed by atoms with E-state index >= 15 is 0 Å². The predicted octanol–water partition coefficient (Wildman–Crippen LogP) is 1.79. The van der Waals surface area contributed by atoms with E-state index in [4.69, 9.17) is 0 Å². The van der Waals surface area contributed by atoms with Crippen LogP contribution in [0.2, 0.25) is 0 Å². The fourth-order valence-electron chi connectivity index (χ4n) is 1.41. The van der Waals surface area contributed by atoms with Crippen LogP contribution in [-0.4, -0.2) is 41.9 Å². The Balaban J connectivity index is 0. The van der Waals surface area contributed by atoms with Crippen molar-refractivity contribution in [2.45, 2.75) is 26.4 Å². The summed E-state index contributed by atoms with van der Waals surface area (Å²) >= 11 is 0. The third-order valence-electron chi connectivity index (χ3n) is 2.28. The zero-order chi connectivity index (χ0) is 11.1. The summed E-state index contributed by atoms with van der Waals surface area (Å²) in [6.45, 7) is 6.11. The average molecular weight is 283 g/mol. The molecule has 6 heteroatoms. The zero-order valence-electron chi connectivity index (χ0n) is 10.8. The van der Waals surface area contributed by atoms with Gasteiger partial charge in [0.1, 0.15) is 0 Å². The second kappa shape index (κ2) is 10.8. The third kappa shape index (κ3) is 8.44. The summed E-state index contributed by atoms with van der Waals surface area (Å²) in [7, 11) is 4.20. The molecule has 17 heavy (non-hydrogen) atoms. The highest BCUT2D eigenvalue weighted by Crippen LogP contribution is 1.94. The van der Waals surface area contributed by atoms with Crippen LogP contribution in [0.1, 0.15) is 19.0 Å².